The van der Waals surface area contributed by atoms with Gasteiger partial charge in [0.2, 0.25) is 0 Å². The highest BCUT2D eigenvalue weighted by atomic mass is 14.5. The lowest BCUT2D eigenvalue weighted by molar-refractivity contribution is 0.0120. The van der Waals surface area contributed by atoms with Crippen LogP contribution in [0.5, 0.6) is 0 Å². The number of hydrogen-bond donors (Lipinski definition) is 0. The molecule has 0 amide bonds. The summed E-state index contributed by atoms with van der Waals surface area (Å²) in [7, 11) is 0. The molecule has 0 aromatic heterocycles. The van der Waals surface area contributed by atoms with Gasteiger partial charge in [0.15, 0.2) is 0 Å². The molecular weight excluding hydrogens is 252 g/mol. The van der Waals surface area contributed by atoms with E-state index < -0.39 is 0 Å². The molecule has 0 spiro atoms. The third-order valence-electron chi connectivity index (χ3n) is 5.99. The molecule has 0 nitrogen and oxygen atoms in total. The predicted molar refractivity (Wildman–Crippen MR) is 97.2 cm³/mol. The summed E-state index contributed by atoms with van der Waals surface area (Å²) in [6.07, 6.45) is 17.3. The van der Waals surface area contributed by atoms with Crippen molar-refractivity contribution in [3.05, 3.63) is 11.6 Å². The van der Waals surface area contributed by atoms with E-state index in [0.29, 0.717) is 5.41 Å². The smallest absolute Gasteiger partial charge is 0.0297 e. The van der Waals surface area contributed by atoms with Crippen LogP contribution in [0.2, 0.25) is 0 Å². The summed E-state index contributed by atoms with van der Waals surface area (Å²) in [5.41, 5.74) is 2.06. The van der Waals surface area contributed by atoms with Gasteiger partial charge >= 0.3 is 0 Å². The predicted octanol–water partition coefficient (Wildman–Crippen LogP) is 6.72. The van der Waals surface area contributed by atoms with E-state index in [1.165, 1.54) is 37.7 Å². The molecule has 0 aromatic carbocycles. The maximum Gasteiger partial charge on any atom is -0.0297 e. The lowest BCUT2D eigenvalue weighted by atomic mass is 9.57. The summed E-state index contributed by atoms with van der Waals surface area (Å²) in [6, 6.07) is 0. The largest absolute Gasteiger partial charge is 0.124 e. The minimum absolute atomic E-state index is 0.588. The average molecular weight is 291 g/mol. The van der Waals surface area contributed by atoms with Gasteiger partial charge in [0.25, 0.3) is 0 Å². The molecule has 21 heavy (non-hydrogen) atoms. The monoisotopic (exact) mass is 290 g/mol. The Morgan fingerprint density at radius 2 is 1.86 bits per heavy atom. The molecule has 1 rings (SSSR count). The Bertz CT molecular complexity index is 331. The van der Waals surface area contributed by atoms with Crippen molar-refractivity contribution in [1.82, 2.24) is 0 Å². The third-order valence-corrected chi connectivity index (χ3v) is 5.99. The van der Waals surface area contributed by atoms with Crippen molar-refractivity contribution in [2.45, 2.75) is 80.6 Å². The van der Waals surface area contributed by atoms with Gasteiger partial charge in [-0.3, -0.25) is 0 Å². The van der Waals surface area contributed by atoms with E-state index in [-0.39, 0.29) is 0 Å². The Morgan fingerprint density at radius 1 is 1.29 bits per heavy atom. The van der Waals surface area contributed by atoms with Gasteiger partial charge in [-0.2, -0.15) is 0 Å². The van der Waals surface area contributed by atoms with Crippen LogP contribution in [-0.4, -0.2) is 0 Å². The minimum Gasteiger partial charge on any atom is -0.124 e. The quantitative estimate of drug-likeness (QED) is 0.389. The zero-order chi connectivity index (χ0) is 16.6. The second-order valence-electron chi connectivity index (χ2n) is 7.85. The fraction of sp³-hybridized carbons (Fsp3) is 0.810. The second kappa shape index (κ2) is 9.34. The molecule has 1 saturated carbocycles. The summed E-state index contributed by atoms with van der Waals surface area (Å²) in [5.74, 6) is 3.56. The van der Waals surface area contributed by atoms with Gasteiger partial charge in [-0.15, -0.1) is 12.8 Å². The topological polar surface area (TPSA) is 0 Å². The van der Waals surface area contributed by atoms with Gasteiger partial charge < -0.3 is 0 Å². The highest BCUT2D eigenvalue weighted by Gasteiger charge is 2.42. The zero-order valence-corrected chi connectivity index (χ0v) is 15.6. The van der Waals surface area contributed by atoms with E-state index in [4.69, 9.17) is 0 Å². The van der Waals surface area contributed by atoms with Crippen LogP contribution in [-0.2, 0) is 0 Å². The van der Waals surface area contributed by atoms with Crippen molar-refractivity contribution >= 4 is 0 Å². The SMILES string of the molecule is C#C.CCC1(C)CCC(C)C(C)C1CC(C)CC=C(C)C. The molecule has 0 heterocycles. The summed E-state index contributed by atoms with van der Waals surface area (Å²) in [4.78, 5) is 0. The highest BCUT2D eigenvalue weighted by molar-refractivity contribution is 4.96. The zero-order valence-electron chi connectivity index (χ0n) is 15.6. The van der Waals surface area contributed by atoms with E-state index in [0.717, 1.165) is 23.7 Å². The molecule has 0 saturated heterocycles. The molecule has 0 heteroatoms. The molecule has 5 unspecified atom stereocenters. The van der Waals surface area contributed by atoms with E-state index in [9.17, 15) is 0 Å². The Hall–Kier alpha value is -0.700. The minimum atomic E-state index is 0.588. The Labute approximate surface area is 134 Å². The van der Waals surface area contributed by atoms with Crippen LogP contribution in [0.1, 0.15) is 80.6 Å². The molecule has 0 N–H and O–H groups in total. The van der Waals surface area contributed by atoms with Crippen LogP contribution in [0.4, 0.5) is 0 Å². The van der Waals surface area contributed by atoms with Gasteiger partial charge in [-0.05, 0) is 68.6 Å². The maximum atomic E-state index is 4.00. The number of hydrogen-bond acceptors (Lipinski definition) is 0. The first-order valence-electron chi connectivity index (χ1n) is 8.76. The fourth-order valence-corrected chi connectivity index (χ4v) is 3.94. The van der Waals surface area contributed by atoms with E-state index in [2.05, 4.69) is 67.4 Å². The Morgan fingerprint density at radius 3 is 2.33 bits per heavy atom. The molecule has 5 atom stereocenters. The van der Waals surface area contributed by atoms with Crippen molar-refractivity contribution in [2.24, 2.45) is 29.1 Å². The molecule has 1 aliphatic rings. The van der Waals surface area contributed by atoms with Crippen LogP contribution in [0.3, 0.4) is 0 Å². The van der Waals surface area contributed by atoms with Crippen molar-refractivity contribution in [3.8, 4) is 12.8 Å². The Kier molecular flexibility index (Phi) is 9.03. The lowest BCUT2D eigenvalue weighted by Gasteiger charge is -2.49. The van der Waals surface area contributed by atoms with Crippen LogP contribution in [0.15, 0.2) is 11.6 Å². The molecule has 0 aliphatic heterocycles. The first kappa shape index (κ1) is 20.3. The van der Waals surface area contributed by atoms with Crippen LogP contribution >= 0.6 is 0 Å². The summed E-state index contributed by atoms with van der Waals surface area (Å²) >= 11 is 0. The molecule has 0 radical (unpaired) electrons. The van der Waals surface area contributed by atoms with Crippen LogP contribution in [0, 0.1) is 41.9 Å². The number of allylic oxidation sites excluding steroid dienone is 2. The number of rotatable bonds is 5. The third kappa shape index (κ3) is 5.90. The van der Waals surface area contributed by atoms with Crippen LogP contribution in [0.25, 0.3) is 0 Å². The van der Waals surface area contributed by atoms with Gasteiger partial charge in [0, 0.05) is 0 Å². The van der Waals surface area contributed by atoms with E-state index in [1.807, 2.05) is 0 Å². The highest BCUT2D eigenvalue weighted by Crippen LogP contribution is 2.51. The van der Waals surface area contributed by atoms with Gasteiger partial charge in [-0.1, -0.05) is 52.7 Å². The number of terminal acetylenes is 1. The standard InChI is InChI=1S/C19H36.C2H2/c1-8-19(7)12-11-16(5)17(6)18(19)13-15(4)10-9-14(2)3;1-2/h9,15-18H,8,10-13H2,1-7H3;1-2H. The Balaban J connectivity index is 0.00000191. The van der Waals surface area contributed by atoms with Crippen molar-refractivity contribution in [3.63, 3.8) is 0 Å². The first-order chi connectivity index (χ1) is 9.80. The molecule has 0 aromatic rings. The van der Waals surface area contributed by atoms with E-state index >= 15 is 0 Å². The normalized spacial score (nSPS) is 33.5. The first-order valence-corrected chi connectivity index (χ1v) is 8.76. The van der Waals surface area contributed by atoms with Crippen molar-refractivity contribution < 1.29 is 0 Å². The summed E-state index contributed by atoms with van der Waals surface area (Å²) in [5, 5.41) is 0. The molecule has 1 fully saturated rings. The average Bonchev–Trinajstić information content (AvgIpc) is 2.48. The molecule has 0 bridgehead atoms. The molecule has 1 aliphatic carbocycles. The summed E-state index contributed by atoms with van der Waals surface area (Å²) in [6.45, 7) is 16.8. The van der Waals surface area contributed by atoms with Crippen molar-refractivity contribution in [2.75, 3.05) is 0 Å². The van der Waals surface area contributed by atoms with Crippen LogP contribution < -0.4 is 0 Å². The second-order valence-corrected chi connectivity index (χ2v) is 7.85. The van der Waals surface area contributed by atoms with Crippen molar-refractivity contribution in [1.29, 1.82) is 0 Å². The fourth-order valence-electron chi connectivity index (χ4n) is 3.94. The molecular formula is C21H38. The van der Waals surface area contributed by atoms with Gasteiger partial charge in [0.05, 0.1) is 0 Å². The lowest BCUT2D eigenvalue weighted by Crippen LogP contribution is -2.40. The van der Waals surface area contributed by atoms with Gasteiger partial charge in [0.1, 0.15) is 0 Å². The van der Waals surface area contributed by atoms with E-state index in [1.54, 1.807) is 0 Å². The maximum absolute atomic E-state index is 4.00. The summed E-state index contributed by atoms with van der Waals surface area (Å²) < 4.78 is 0. The molecule has 122 valence electrons. The van der Waals surface area contributed by atoms with Gasteiger partial charge in [-0.25, -0.2) is 0 Å².